The van der Waals surface area contributed by atoms with Gasteiger partial charge in [0.2, 0.25) is 5.91 Å². The third-order valence-electron chi connectivity index (χ3n) is 2.91. The van der Waals surface area contributed by atoms with Crippen molar-refractivity contribution in [1.82, 2.24) is 14.8 Å². The highest BCUT2D eigenvalue weighted by molar-refractivity contribution is 7.99. The van der Waals surface area contributed by atoms with Gasteiger partial charge in [-0.3, -0.25) is 4.79 Å². The number of amides is 1. The third kappa shape index (κ3) is 3.81. The van der Waals surface area contributed by atoms with Crippen molar-refractivity contribution in [3.63, 3.8) is 0 Å². The first-order chi connectivity index (χ1) is 10.2. The fourth-order valence-corrected chi connectivity index (χ4v) is 2.71. The van der Waals surface area contributed by atoms with E-state index >= 15 is 0 Å². The number of aromatic nitrogens is 3. The Labute approximate surface area is 127 Å². The number of nitrogens with zero attached hydrogens (tertiary/aromatic N) is 3. The lowest BCUT2D eigenvalue weighted by molar-refractivity contribution is -0.113. The molecular formula is C14H17FN4OS. The molecule has 0 radical (unpaired) electrons. The molecule has 0 bridgehead atoms. The molecule has 0 unspecified atom stereocenters. The van der Waals surface area contributed by atoms with Crippen LogP contribution in [0.15, 0.2) is 29.4 Å². The number of nitrogens with one attached hydrogen (secondary N) is 1. The van der Waals surface area contributed by atoms with Crippen LogP contribution in [0.1, 0.15) is 19.7 Å². The topological polar surface area (TPSA) is 59.8 Å². The van der Waals surface area contributed by atoms with E-state index in [9.17, 15) is 9.18 Å². The maximum Gasteiger partial charge on any atom is 0.234 e. The van der Waals surface area contributed by atoms with Gasteiger partial charge < -0.3 is 9.88 Å². The normalized spacial score (nSPS) is 10.6. The molecule has 112 valence electrons. The van der Waals surface area contributed by atoms with Crippen LogP contribution in [0.2, 0.25) is 0 Å². The molecule has 21 heavy (non-hydrogen) atoms. The number of hydrogen-bond donors (Lipinski definition) is 1. The standard InChI is InChI=1S/C14H17FN4OS/c1-3-12-17-18-14(19(12)4-2)21-9-13(20)16-11-8-6-5-7-10(11)15/h5-8H,3-4,9H2,1-2H3,(H,16,20). The van der Waals surface area contributed by atoms with E-state index in [0.717, 1.165) is 18.8 Å². The van der Waals surface area contributed by atoms with Crippen molar-refractivity contribution in [1.29, 1.82) is 0 Å². The zero-order chi connectivity index (χ0) is 15.2. The van der Waals surface area contributed by atoms with Gasteiger partial charge in [-0.15, -0.1) is 10.2 Å². The molecule has 1 N–H and O–H groups in total. The maximum absolute atomic E-state index is 13.4. The molecule has 5 nitrogen and oxygen atoms in total. The second-order valence-electron chi connectivity index (χ2n) is 4.31. The zero-order valence-electron chi connectivity index (χ0n) is 12.0. The minimum atomic E-state index is -0.444. The van der Waals surface area contributed by atoms with Gasteiger partial charge in [-0.2, -0.15) is 0 Å². The summed E-state index contributed by atoms with van der Waals surface area (Å²) in [6.07, 6.45) is 0.794. The molecule has 1 heterocycles. The second-order valence-corrected chi connectivity index (χ2v) is 5.26. The fraction of sp³-hybridized carbons (Fsp3) is 0.357. The molecule has 1 aromatic carbocycles. The van der Waals surface area contributed by atoms with E-state index < -0.39 is 5.82 Å². The monoisotopic (exact) mass is 308 g/mol. The van der Waals surface area contributed by atoms with Crippen molar-refractivity contribution in [2.75, 3.05) is 11.1 Å². The minimum absolute atomic E-state index is 0.163. The Hall–Kier alpha value is -1.89. The molecule has 0 fully saturated rings. The molecule has 1 aromatic heterocycles. The summed E-state index contributed by atoms with van der Waals surface area (Å²) in [4.78, 5) is 11.9. The summed E-state index contributed by atoms with van der Waals surface area (Å²) in [5.41, 5.74) is 0.189. The van der Waals surface area contributed by atoms with Gasteiger partial charge in [0.1, 0.15) is 11.6 Å². The fourth-order valence-electron chi connectivity index (χ4n) is 1.88. The van der Waals surface area contributed by atoms with Gasteiger partial charge in [0.25, 0.3) is 0 Å². The van der Waals surface area contributed by atoms with Crippen molar-refractivity contribution >= 4 is 23.4 Å². The lowest BCUT2D eigenvalue weighted by atomic mass is 10.3. The van der Waals surface area contributed by atoms with Crippen LogP contribution in [0.3, 0.4) is 0 Å². The van der Waals surface area contributed by atoms with Gasteiger partial charge in [-0.1, -0.05) is 30.8 Å². The maximum atomic E-state index is 13.4. The highest BCUT2D eigenvalue weighted by Crippen LogP contribution is 2.18. The van der Waals surface area contributed by atoms with Crippen LogP contribution in [-0.4, -0.2) is 26.4 Å². The number of carbonyl (C=O) groups excluding carboxylic acids is 1. The van der Waals surface area contributed by atoms with Gasteiger partial charge in [0.15, 0.2) is 5.16 Å². The Morgan fingerprint density at radius 3 is 2.76 bits per heavy atom. The number of para-hydroxylation sites is 1. The third-order valence-corrected chi connectivity index (χ3v) is 3.87. The van der Waals surface area contributed by atoms with E-state index in [0.29, 0.717) is 5.16 Å². The van der Waals surface area contributed by atoms with E-state index in [4.69, 9.17) is 0 Å². The number of aryl methyl sites for hydroxylation is 1. The Kier molecular flexibility index (Phi) is 5.32. The molecule has 0 atom stereocenters. The molecule has 7 heteroatoms. The summed E-state index contributed by atoms with van der Waals surface area (Å²) in [5.74, 6) is 0.347. The average Bonchev–Trinajstić information content (AvgIpc) is 2.89. The van der Waals surface area contributed by atoms with E-state index in [-0.39, 0.29) is 17.3 Å². The van der Waals surface area contributed by atoms with Crippen LogP contribution < -0.4 is 5.32 Å². The summed E-state index contributed by atoms with van der Waals surface area (Å²) in [6.45, 7) is 4.77. The number of thioether (sulfide) groups is 1. The highest BCUT2D eigenvalue weighted by Gasteiger charge is 2.12. The van der Waals surface area contributed by atoms with Crippen LogP contribution in [0.5, 0.6) is 0 Å². The summed E-state index contributed by atoms with van der Waals surface area (Å²) in [7, 11) is 0. The minimum Gasteiger partial charge on any atom is -0.323 e. The van der Waals surface area contributed by atoms with E-state index in [1.165, 1.54) is 23.9 Å². The predicted molar refractivity (Wildman–Crippen MR) is 80.8 cm³/mol. The number of anilines is 1. The molecule has 0 saturated heterocycles. The van der Waals surface area contributed by atoms with Crippen molar-refractivity contribution in [3.8, 4) is 0 Å². The first-order valence-electron chi connectivity index (χ1n) is 6.75. The molecule has 2 aromatic rings. The average molecular weight is 308 g/mol. The van der Waals surface area contributed by atoms with Crippen LogP contribution in [0.4, 0.5) is 10.1 Å². The quantitative estimate of drug-likeness (QED) is 0.834. The molecule has 0 aliphatic heterocycles. The van der Waals surface area contributed by atoms with Crippen molar-refractivity contribution < 1.29 is 9.18 Å². The van der Waals surface area contributed by atoms with E-state index in [1.807, 2.05) is 18.4 Å². The van der Waals surface area contributed by atoms with E-state index in [1.54, 1.807) is 12.1 Å². The lowest BCUT2D eigenvalue weighted by Gasteiger charge is -2.07. The first kappa shape index (κ1) is 15.5. The van der Waals surface area contributed by atoms with Crippen molar-refractivity contribution in [2.24, 2.45) is 0 Å². The predicted octanol–water partition coefficient (Wildman–Crippen LogP) is 2.73. The largest absolute Gasteiger partial charge is 0.323 e. The zero-order valence-corrected chi connectivity index (χ0v) is 12.8. The van der Waals surface area contributed by atoms with Crippen molar-refractivity contribution in [3.05, 3.63) is 35.9 Å². The number of halogens is 1. The SMILES string of the molecule is CCc1nnc(SCC(=O)Nc2ccccc2F)n1CC. The smallest absolute Gasteiger partial charge is 0.234 e. The summed E-state index contributed by atoms with van der Waals surface area (Å²) < 4.78 is 15.4. The van der Waals surface area contributed by atoms with Crippen LogP contribution in [-0.2, 0) is 17.8 Å². The second kappa shape index (κ2) is 7.21. The molecule has 2 rings (SSSR count). The number of hydrogen-bond acceptors (Lipinski definition) is 4. The Balaban J connectivity index is 1.95. The molecule has 0 saturated carbocycles. The summed E-state index contributed by atoms with van der Waals surface area (Å²) in [6, 6.07) is 6.09. The highest BCUT2D eigenvalue weighted by atomic mass is 32.2. The molecule has 0 spiro atoms. The number of carbonyl (C=O) groups is 1. The number of rotatable bonds is 6. The summed E-state index contributed by atoms with van der Waals surface area (Å²) in [5, 5.41) is 11.4. The van der Waals surface area contributed by atoms with Crippen LogP contribution in [0, 0.1) is 5.82 Å². The van der Waals surface area contributed by atoms with Gasteiger partial charge in [0, 0.05) is 13.0 Å². The Morgan fingerprint density at radius 2 is 2.10 bits per heavy atom. The Morgan fingerprint density at radius 1 is 1.33 bits per heavy atom. The van der Waals surface area contributed by atoms with Gasteiger partial charge in [-0.25, -0.2) is 4.39 Å². The molecule has 0 aliphatic carbocycles. The molecule has 0 aliphatic rings. The molecule has 1 amide bonds. The van der Waals surface area contributed by atoms with E-state index in [2.05, 4.69) is 15.5 Å². The van der Waals surface area contributed by atoms with Crippen LogP contribution in [0.25, 0.3) is 0 Å². The number of benzene rings is 1. The lowest BCUT2D eigenvalue weighted by Crippen LogP contribution is -2.15. The first-order valence-corrected chi connectivity index (χ1v) is 7.73. The van der Waals surface area contributed by atoms with Gasteiger partial charge in [-0.05, 0) is 19.1 Å². The van der Waals surface area contributed by atoms with Gasteiger partial charge in [0.05, 0.1) is 11.4 Å². The molecular weight excluding hydrogens is 291 g/mol. The van der Waals surface area contributed by atoms with Gasteiger partial charge >= 0.3 is 0 Å². The van der Waals surface area contributed by atoms with Crippen molar-refractivity contribution in [2.45, 2.75) is 32.0 Å². The van der Waals surface area contributed by atoms with Crippen LogP contribution >= 0.6 is 11.8 Å². The summed E-state index contributed by atoms with van der Waals surface area (Å²) >= 11 is 1.30. The Bertz CT molecular complexity index is 629.